The molecule has 2 N–H and O–H groups in total. The van der Waals surface area contributed by atoms with Crippen LogP contribution in [0, 0.1) is 17.7 Å². The Hall–Kier alpha value is -3.46. The van der Waals surface area contributed by atoms with Crippen LogP contribution >= 0.6 is 0 Å². The fourth-order valence-electron chi connectivity index (χ4n) is 3.14. The summed E-state index contributed by atoms with van der Waals surface area (Å²) in [5.41, 5.74) is 4.58. The Morgan fingerprint density at radius 1 is 1.00 bits per heavy atom. The Morgan fingerprint density at radius 2 is 1.76 bits per heavy atom. The van der Waals surface area contributed by atoms with Gasteiger partial charge in [0.25, 0.3) is 0 Å². The van der Waals surface area contributed by atoms with E-state index in [1.807, 2.05) is 61.7 Å². The fraction of sp³-hybridized carbons (Fsp3) is 0.154. The lowest BCUT2D eigenvalue weighted by atomic mass is 9.86. The summed E-state index contributed by atoms with van der Waals surface area (Å²) in [7, 11) is 0. The maximum atomic E-state index is 7.85. The highest BCUT2D eigenvalue weighted by Crippen LogP contribution is 2.34. The van der Waals surface area contributed by atoms with Gasteiger partial charge < -0.3 is 10.4 Å². The molecule has 29 heavy (non-hydrogen) atoms. The highest BCUT2D eigenvalue weighted by molar-refractivity contribution is 5.93. The minimum Gasteiger partial charge on any atom is -0.342 e. The second-order valence-electron chi connectivity index (χ2n) is 7.40. The van der Waals surface area contributed by atoms with Crippen molar-refractivity contribution < 1.29 is 0 Å². The first-order valence-corrected chi connectivity index (χ1v) is 9.74. The van der Waals surface area contributed by atoms with Crippen LogP contribution in [0.1, 0.15) is 24.9 Å². The smallest absolute Gasteiger partial charge is 0.137 e. The van der Waals surface area contributed by atoms with Crippen LogP contribution in [0.2, 0.25) is 0 Å². The van der Waals surface area contributed by atoms with Crippen LogP contribution in [0.4, 0.5) is 0 Å². The average molecular weight is 382 g/mol. The van der Waals surface area contributed by atoms with Gasteiger partial charge in [-0.1, -0.05) is 79.0 Å². The number of nitrogens with one attached hydrogen (secondary N) is 2. The second kappa shape index (κ2) is 9.16. The molecule has 2 aliphatic carbocycles. The molecule has 0 amide bonds. The summed E-state index contributed by atoms with van der Waals surface area (Å²) in [5, 5.41) is 7.85. The van der Waals surface area contributed by atoms with Crippen molar-refractivity contribution in [2.75, 3.05) is 0 Å². The number of nitrogens with zero attached hydrogens (tertiary/aromatic N) is 1. The summed E-state index contributed by atoms with van der Waals surface area (Å²) in [5.74, 6) is 0.861. The second-order valence-corrected chi connectivity index (χ2v) is 7.40. The van der Waals surface area contributed by atoms with Crippen molar-refractivity contribution in [2.24, 2.45) is 5.41 Å². The summed E-state index contributed by atoms with van der Waals surface area (Å²) in [6, 6.07) is 0. The number of rotatable bonds is 3. The SMILES string of the molecule is C=CC1(C)C=C(C2=C/C=C\C=C/C(=N)C/C=C\C=C\2)C=CC(c2ncc(C)[nH]2)=C1. The highest BCUT2D eigenvalue weighted by Gasteiger charge is 2.20. The first-order chi connectivity index (χ1) is 14.0. The van der Waals surface area contributed by atoms with E-state index in [2.05, 4.69) is 59.9 Å². The molecule has 0 fully saturated rings. The molecule has 1 atom stereocenters. The zero-order valence-corrected chi connectivity index (χ0v) is 17.0. The van der Waals surface area contributed by atoms with Gasteiger partial charge in [0.05, 0.1) is 0 Å². The van der Waals surface area contributed by atoms with Crippen molar-refractivity contribution in [1.29, 1.82) is 5.41 Å². The molecule has 146 valence electrons. The van der Waals surface area contributed by atoms with Crippen LogP contribution < -0.4 is 0 Å². The van der Waals surface area contributed by atoms with Crippen molar-refractivity contribution in [3.63, 3.8) is 0 Å². The van der Waals surface area contributed by atoms with E-state index in [1.165, 1.54) is 0 Å². The molecule has 3 heteroatoms. The molecule has 1 heterocycles. The molecular weight excluding hydrogens is 354 g/mol. The van der Waals surface area contributed by atoms with Gasteiger partial charge in [-0.3, -0.25) is 0 Å². The topological polar surface area (TPSA) is 52.5 Å². The number of hydrogen-bond acceptors (Lipinski definition) is 2. The van der Waals surface area contributed by atoms with Gasteiger partial charge >= 0.3 is 0 Å². The molecule has 0 aliphatic heterocycles. The Morgan fingerprint density at radius 3 is 2.52 bits per heavy atom. The van der Waals surface area contributed by atoms with E-state index < -0.39 is 0 Å². The molecule has 0 radical (unpaired) electrons. The Kier molecular flexibility index (Phi) is 6.40. The predicted octanol–water partition coefficient (Wildman–Crippen LogP) is 6.36. The van der Waals surface area contributed by atoms with Gasteiger partial charge in [-0.15, -0.1) is 6.58 Å². The number of hydrogen-bond donors (Lipinski definition) is 2. The van der Waals surface area contributed by atoms with Crippen LogP contribution in [0.3, 0.4) is 0 Å². The zero-order chi connectivity index (χ0) is 20.7. The third-order valence-electron chi connectivity index (χ3n) is 4.78. The first kappa shape index (κ1) is 20.3. The van der Waals surface area contributed by atoms with Crippen molar-refractivity contribution in [3.8, 4) is 0 Å². The largest absolute Gasteiger partial charge is 0.342 e. The molecule has 2 aliphatic rings. The van der Waals surface area contributed by atoms with Crippen molar-refractivity contribution in [3.05, 3.63) is 121 Å². The molecule has 1 aromatic heterocycles. The molecule has 1 unspecified atom stereocenters. The molecule has 0 spiro atoms. The minimum absolute atomic E-state index is 0.304. The van der Waals surface area contributed by atoms with Crippen LogP contribution in [0.25, 0.3) is 5.57 Å². The number of aromatic amines is 1. The molecule has 1 aromatic rings. The van der Waals surface area contributed by atoms with Gasteiger partial charge in [-0.2, -0.15) is 0 Å². The summed E-state index contributed by atoms with van der Waals surface area (Å²) in [6.07, 6.45) is 30.9. The van der Waals surface area contributed by atoms with E-state index in [-0.39, 0.29) is 5.41 Å². The first-order valence-electron chi connectivity index (χ1n) is 9.74. The summed E-state index contributed by atoms with van der Waals surface area (Å²) < 4.78 is 0. The van der Waals surface area contributed by atoms with Crippen LogP contribution in [-0.2, 0) is 0 Å². The van der Waals surface area contributed by atoms with E-state index in [1.54, 1.807) is 0 Å². The lowest BCUT2D eigenvalue weighted by Gasteiger charge is -2.18. The predicted molar refractivity (Wildman–Crippen MR) is 124 cm³/mol. The molecule has 0 bridgehead atoms. The summed E-state index contributed by atoms with van der Waals surface area (Å²) in [6.45, 7) is 8.21. The van der Waals surface area contributed by atoms with E-state index in [0.717, 1.165) is 28.2 Å². The Bertz CT molecular complexity index is 1030. The van der Waals surface area contributed by atoms with E-state index in [4.69, 9.17) is 5.41 Å². The van der Waals surface area contributed by atoms with Gasteiger partial charge in [0, 0.05) is 35.0 Å². The molecule has 3 rings (SSSR count). The van der Waals surface area contributed by atoms with Crippen LogP contribution in [0.15, 0.2) is 109 Å². The summed E-state index contributed by atoms with van der Waals surface area (Å²) in [4.78, 5) is 7.81. The van der Waals surface area contributed by atoms with Gasteiger partial charge in [0.2, 0.25) is 0 Å². The van der Waals surface area contributed by atoms with Crippen LogP contribution in [0.5, 0.6) is 0 Å². The normalized spacial score (nSPS) is 28.5. The minimum atomic E-state index is -0.304. The molecular formula is C26H27N3. The number of aromatic nitrogens is 2. The fourth-order valence-corrected chi connectivity index (χ4v) is 3.14. The molecule has 0 saturated carbocycles. The van der Waals surface area contributed by atoms with Gasteiger partial charge in [-0.25, -0.2) is 4.98 Å². The monoisotopic (exact) mass is 381 g/mol. The maximum absolute atomic E-state index is 7.85. The van der Waals surface area contributed by atoms with Crippen molar-refractivity contribution in [2.45, 2.75) is 20.3 Å². The van der Waals surface area contributed by atoms with E-state index in [0.29, 0.717) is 12.1 Å². The third kappa shape index (κ3) is 5.52. The van der Waals surface area contributed by atoms with E-state index >= 15 is 0 Å². The van der Waals surface area contributed by atoms with Gasteiger partial charge in [0.15, 0.2) is 0 Å². The maximum Gasteiger partial charge on any atom is 0.137 e. The summed E-state index contributed by atoms with van der Waals surface area (Å²) >= 11 is 0. The number of aryl methyl sites for hydroxylation is 1. The zero-order valence-electron chi connectivity index (χ0n) is 17.0. The van der Waals surface area contributed by atoms with Gasteiger partial charge in [-0.05, 0) is 31.1 Å². The highest BCUT2D eigenvalue weighted by atomic mass is 14.9. The Balaban J connectivity index is 2.00. The lowest BCUT2D eigenvalue weighted by molar-refractivity contribution is 0.718. The quantitative estimate of drug-likeness (QED) is 0.588. The van der Waals surface area contributed by atoms with Gasteiger partial charge in [0.1, 0.15) is 5.82 Å². The van der Waals surface area contributed by atoms with Crippen LogP contribution in [-0.4, -0.2) is 15.7 Å². The number of H-pyrrole nitrogens is 1. The van der Waals surface area contributed by atoms with E-state index in [9.17, 15) is 0 Å². The number of imidazole rings is 1. The average Bonchev–Trinajstić information content (AvgIpc) is 3.04. The van der Waals surface area contributed by atoms with Crippen molar-refractivity contribution in [1.82, 2.24) is 9.97 Å². The molecule has 0 aromatic carbocycles. The molecule has 3 nitrogen and oxygen atoms in total. The number of allylic oxidation sites excluding steroid dienone is 17. The standard InChI is InChI=1S/C26H27N3/c1-4-26(3)17-22(15-16-23(18-26)25-28-19-20(2)29-25)21-11-7-5-9-13-24(27)14-10-6-8-12-21/h4-13,15-19,27H,1,14H2,2-3H3,(H,28,29)/b7-5-,10-6-,12-8+,13-9-,21-11+,27-24?. The molecule has 0 saturated heterocycles. The lowest BCUT2D eigenvalue weighted by Crippen LogP contribution is -2.06. The van der Waals surface area contributed by atoms with Crippen molar-refractivity contribution >= 4 is 11.3 Å². The third-order valence-corrected chi connectivity index (χ3v) is 4.78. The Labute approximate surface area is 173 Å².